The van der Waals surface area contributed by atoms with Crippen LogP contribution < -0.4 is 14.7 Å². The Morgan fingerprint density at radius 2 is 1.96 bits per heavy atom. The van der Waals surface area contributed by atoms with Crippen molar-refractivity contribution < 1.29 is 9.18 Å². The fraction of sp³-hybridized carbons (Fsp3) is 0.294. The number of carbonyl (C=O) groups excluding carboxylic acids is 1. The monoisotopic (exact) mass is 314 g/mol. The Hall–Kier alpha value is -2.63. The number of nitrogens with zero attached hydrogens (tertiary/aromatic N) is 4. The molecule has 120 valence electrons. The zero-order valence-electron chi connectivity index (χ0n) is 13.5. The highest BCUT2D eigenvalue weighted by Gasteiger charge is 2.26. The van der Waals surface area contributed by atoms with Gasteiger partial charge in [-0.25, -0.2) is 9.37 Å². The fourth-order valence-electron chi connectivity index (χ4n) is 2.69. The standard InChI is InChI=1S/C17H19FN4O/c1-20(2)16-10-12(6-7-19-16)17(23)22-9-8-21(3)14-5-4-13(18)11-15(14)22/h4-7,10-11H,8-9H2,1-3H3. The summed E-state index contributed by atoms with van der Waals surface area (Å²) in [4.78, 5) is 22.6. The van der Waals surface area contributed by atoms with Crippen LogP contribution >= 0.6 is 0 Å². The summed E-state index contributed by atoms with van der Waals surface area (Å²) >= 11 is 0. The first-order chi connectivity index (χ1) is 11.0. The van der Waals surface area contributed by atoms with Crippen LogP contribution in [0.2, 0.25) is 0 Å². The predicted octanol–water partition coefficient (Wildman–Crippen LogP) is 2.38. The molecule has 0 unspecified atom stereocenters. The molecule has 0 saturated carbocycles. The van der Waals surface area contributed by atoms with Crippen LogP contribution in [-0.4, -0.2) is 45.1 Å². The number of fused-ring (bicyclic) bond motifs is 1. The van der Waals surface area contributed by atoms with E-state index in [1.54, 1.807) is 29.3 Å². The Balaban J connectivity index is 1.99. The first-order valence-electron chi connectivity index (χ1n) is 7.43. The molecule has 0 N–H and O–H groups in total. The maximum Gasteiger partial charge on any atom is 0.258 e. The molecule has 1 aliphatic heterocycles. The molecule has 2 aromatic rings. The molecule has 0 aliphatic carbocycles. The first kappa shape index (κ1) is 15.3. The van der Waals surface area contributed by atoms with Gasteiger partial charge in [0.25, 0.3) is 5.91 Å². The van der Waals surface area contributed by atoms with Crippen molar-refractivity contribution in [2.75, 3.05) is 48.9 Å². The Bertz CT molecular complexity index is 747. The summed E-state index contributed by atoms with van der Waals surface area (Å²) in [7, 11) is 5.68. The Kier molecular flexibility index (Phi) is 3.90. The van der Waals surface area contributed by atoms with Crippen LogP contribution in [0.3, 0.4) is 0 Å². The van der Waals surface area contributed by atoms with E-state index in [2.05, 4.69) is 4.98 Å². The molecule has 0 bridgehead atoms. The minimum absolute atomic E-state index is 0.143. The van der Waals surface area contributed by atoms with E-state index >= 15 is 0 Å². The first-order valence-corrected chi connectivity index (χ1v) is 7.43. The summed E-state index contributed by atoms with van der Waals surface area (Å²) in [5, 5.41) is 0. The molecule has 1 aromatic carbocycles. The molecule has 0 spiro atoms. The van der Waals surface area contributed by atoms with Crippen molar-refractivity contribution in [2.45, 2.75) is 0 Å². The van der Waals surface area contributed by atoms with Gasteiger partial charge in [0.1, 0.15) is 11.6 Å². The molecule has 2 heterocycles. The van der Waals surface area contributed by atoms with Crippen molar-refractivity contribution in [1.82, 2.24) is 4.98 Å². The largest absolute Gasteiger partial charge is 0.371 e. The van der Waals surface area contributed by atoms with E-state index in [-0.39, 0.29) is 11.7 Å². The maximum atomic E-state index is 13.7. The number of hydrogen-bond acceptors (Lipinski definition) is 4. The summed E-state index contributed by atoms with van der Waals surface area (Å²) in [6, 6.07) is 7.98. The number of carbonyl (C=O) groups is 1. The molecule has 23 heavy (non-hydrogen) atoms. The van der Waals surface area contributed by atoms with Crippen molar-refractivity contribution in [3.63, 3.8) is 0 Å². The van der Waals surface area contributed by atoms with Gasteiger partial charge in [-0.15, -0.1) is 0 Å². The molecule has 1 aliphatic rings. The number of halogens is 1. The average Bonchev–Trinajstić information content (AvgIpc) is 2.54. The van der Waals surface area contributed by atoms with E-state index in [1.807, 2.05) is 30.9 Å². The third kappa shape index (κ3) is 2.84. The molecule has 0 radical (unpaired) electrons. The highest BCUT2D eigenvalue weighted by Crippen LogP contribution is 2.33. The van der Waals surface area contributed by atoms with Gasteiger partial charge < -0.3 is 14.7 Å². The average molecular weight is 314 g/mol. The molecule has 5 nitrogen and oxygen atoms in total. The zero-order chi connectivity index (χ0) is 16.6. The number of benzene rings is 1. The Morgan fingerprint density at radius 1 is 1.17 bits per heavy atom. The summed E-state index contributed by atoms with van der Waals surface area (Å²) < 4.78 is 13.7. The second-order valence-corrected chi connectivity index (χ2v) is 5.81. The van der Waals surface area contributed by atoms with E-state index in [0.717, 1.165) is 5.69 Å². The van der Waals surface area contributed by atoms with Gasteiger partial charge in [0, 0.05) is 46.0 Å². The number of pyridine rings is 1. The van der Waals surface area contributed by atoms with Crippen molar-refractivity contribution >= 4 is 23.1 Å². The van der Waals surface area contributed by atoms with E-state index in [4.69, 9.17) is 0 Å². The summed E-state index contributed by atoms with van der Waals surface area (Å²) in [6.07, 6.45) is 1.62. The van der Waals surface area contributed by atoms with Gasteiger partial charge in [-0.3, -0.25) is 4.79 Å². The molecular formula is C17H19FN4O. The molecule has 3 rings (SSSR count). The Labute approximate surface area is 134 Å². The zero-order valence-corrected chi connectivity index (χ0v) is 13.5. The summed E-state index contributed by atoms with van der Waals surface area (Å²) in [5.74, 6) is 0.223. The van der Waals surface area contributed by atoms with Crippen LogP contribution in [0.5, 0.6) is 0 Å². The third-order valence-corrected chi connectivity index (χ3v) is 3.99. The van der Waals surface area contributed by atoms with E-state index in [0.29, 0.717) is 30.2 Å². The van der Waals surface area contributed by atoms with Gasteiger partial charge in [-0.2, -0.15) is 0 Å². The third-order valence-electron chi connectivity index (χ3n) is 3.99. The van der Waals surface area contributed by atoms with Gasteiger partial charge in [-0.05, 0) is 30.3 Å². The molecule has 1 amide bonds. The lowest BCUT2D eigenvalue weighted by Crippen LogP contribution is -2.42. The SMILES string of the molecule is CN(C)c1cc(C(=O)N2CCN(C)c3ccc(F)cc32)ccn1. The smallest absolute Gasteiger partial charge is 0.258 e. The van der Waals surface area contributed by atoms with Crippen molar-refractivity contribution in [2.24, 2.45) is 0 Å². The number of likely N-dealkylation sites (N-methyl/N-ethyl adjacent to an activating group) is 1. The highest BCUT2D eigenvalue weighted by atomic mass is 19.1. The topological polar surface area (TPSA) is 39.7 Å². The maximum absolute atomic E-state index is 13.7. The van der Waals surface area contributed by atoms with Crippen LogP contribution in [0.1, 0.15) is 10.4 Å². The molecular weight excluding hydrogens is 295 g/mol. The van der Waals surface area contributed by atoms with Gasteiger partial charge >= 0.3 is 0 Å². The number of amides is 1. The molecule has 0 atom stereocenters. The molecule has 0 fully saturated rings. The molecule has 0 saturated heterocycles. The second kappa shape index (κ2) is 5.87. The van der Waals surface area contributed by atoms with Crippen LogP contribution in [0.25, 0.3) is 0 Å². The fourth-order valence-corrected chi connectivity index (χ4v) is 2.69. The predicted molar refractivity (Wildman–Crippen MR) is 89.9 cm³/mol. The summed E-state index contributed by atoms with van der Waals surface area (Å²) in [6.45, 7) is 1.22. The van der Waals surface area contributed by atoms with Gasteiger partial charge in [0.05, 0.1) is 11.4 Å². The van der Waals surface area contributed by atoms with Gasteiger partial charge in [-0.1, -0.05) is 0 Å². The van der Waals surface area contributed by atoms with E-state index in [9.17, 15) is 9.18 Å². The Morgan fingerprint density at radius 3 is 2.70 bits per heavy atom. The minimum atomic E-state index is -0.347. The number of rotatable bonds is 2. The van der Waals surface area contributed by atoms with Crippen LogP contribution in [0.4, 0.5) is 21.6 Å². The second-order valence-electron chi connectivity index (χ2n) is 5.81. The van der Waals surface area contributed by atoms with Gasteiger partial charge in [0.2, 0.25) is 0 Å². The lowest BCUT2D eigenvalue weighted by Gasteiger charge is -2.35. The lowest BCUT2D eigenvalue weighted by molar-refractivity contribution is 0.0986. The minimum Gasteiger partial charge on any atom is -0.371 e. The van der Waals surface area contributed by atoms with E-state index < -0.39 is 0 Å². The van der Waals surface area contributed by atoms with Crippen molar-refractivity contribution in [3.05, 3.63) is 47.9 Å². The van der Waals surface area contributed by atoms with Crippen LogP contribution in [0, 0.1) is 5.82 Å². The summed E-state index contributed by atoms with van der Waals surface area (Å²) in [5.41, 5.74) is 2.00. The van der Waals surface area contributed by atoms with Crippen molar-refractivity contribution in [3.8, 4) is 0 Å². The van der Waals surface area contributed by atoms with Crippen LogP contribution in [-0.2, 0) is 0 Å². The van der Waals surface area contributed by atoms with Gasteiger partial charge in [0.15, 0.2) is 0 Å². The van der Waals surface area contributed by atoms with Crippen LogP contribution in [0.15, 0.2) is 36.5 Å². The lowest BCUT2D eigenvalue weighted by atomic mass is 10.1. The van der Waals surface area contributed by atoms with E-state index in [1.165, 1.54) is 12.1 Å². The number of aromatic nitrogens is 1. The molecule has 6 heteroatoms. The quantitative estimate of drug-likeness (QED) is 0.853. The normalized spacial score (nSPS) is 13.7. The number of anilines is 3. The van der Waals surface area contributed by atoms with Crippen molar-refractivity contribution in [1.29, 1.82) is 0 Å². The highest BCUT2D eigenvalue weighted by molar-refractivity contribution is 6.08. The number of hydrogen-bond donors (Lipinski definition) is 0. The molecule has 1 aromatic heterocycles.